The molecule has 2 aliphatic heterocycles. The van der Waals surface area contributed by atoms with Crippen LogP contribution in [-0.2, 0) is 4.79 Å². The van der Waals surface area contributed by atoms with Crippen LogP contribution >= 0.6 is 11.3 Å². The number of pyridine rings is 2. The van der Waals surface area contributed by atoms with Crippen molar-refractivity contribution in [1.82, 2.24) is 20.2 Å². The van der Waals surface area contributed by atoms with E-state index >= 15 is 0 Å². The summed E-state index contributed by atoms with van der Waals surface area (Å²) >= 11 is 1.24. The van der Waals surface area contributed by atoms with Crippen molar-refractivity contribution in [2.75, 3.05) is 23.3 Å². The summed E-state index contributed by atoms with van der Waals surface area (Å²) in [5, 5.41) is 6.62. The van der Waals surface area contributed by atoms with Crippen molar-refractivity contribution < 1.29 is 14.4 Å². The molecular formula is C28H28N6O3S. The van der Waals surface area contributed by atoms with Crippen LogP contribution in [0, 0.1) is 0 Å². The van der Waals surface area contributed by atoms with Gasteiger partial charge in [0.15, 0.2) is 0 Å². The number of carbonyl (C=O) groups is 3. The zero-order valence-corrected chi connectivity index (χ0v) is 21.7. The van der Waals surface area contributed by atoms with Gasteiger partial charge in [-0.2, -0.15) is 0 Å². The third-order valence-electron chi connectivity index (χ3n) is 7.41. The summed E-state index contributed by atoms with van der Waals surface area (Å²) in [5.41, 5.74) is 3.55. The van der Waals surface area contributed by atoms with E-state index in [9.17, 15) is 14.4 Å². The van der Waals surface area contributed by atoms with Gasteiger partial charge in [0, 0.05) is 36.2 Å². The maximum atomic E-state index is 13.5. The van der Waals surface area contributed by atoms with Crippen LogP contribution in [0.4, 0.5) is 21.9 Å². The Hall–Kier alpha value is -4.05. The first-order valence-electron chi connectivity index (χ1n) is 12.9. The average molecular weight is 529 g/mol. The molecule has 0 bridgehead atoms. The van der Waals surface area contributed by atoms with Crippen molar-refractivity contribution in [1.29, 1.82) is 0 Å². The molecule has 194 valence electrons. The minimum Gasteiger partial charge on any atom is -0.333 e. The summed E-state index contributed by atoms with van der Waals surface area (Å²) in [4.78, 5) is 52.3. The Morgan fingerprint density at radius 2 is 1.97 bits per heavy atom. The molecule has 0 saturated heterocycles. The van der Waals surface area contributed by atoms with E-state index in [-0.39, 0.29) is 17.8 Å². The monoisotopic (exact) mass is 528 g/mol. The topological polar surface area (TPSA) is 108 Å². The first-order valence-corrected chi connectivity index (χ1v) is 13.8. The number of hydrogen-bond donors (Lipinski definition) is 2. The van der Waals surface area contributed by atoms with E-state index in [2.05, 4.69) is 27.2 Å². The maximum absolute atomic E-state index is 13.5. The second kappa shape index (κ2) is 10.0. The van der Waals surface area contributed by atoms with E-state index in [4.69, 9.17) is 0 Å². The molecule has 0 unspecified atom stereocenters. The maximum Gasteiger partial charge on any atom is 0.331 e. The lowest BCUT2D eigenvalue weighted by Crippen LogP contribution is -2.39. The van der Waals surface area contributed by atoms with Crippen LogP contribution in [0.5, 0.6) is 0 Å². The summed E-state index contributed by atoms with van der Waals surface area (Å²) in [6.07, 6.45) is 13.2. The number of rotatable bonds is 5. The van der Waals surface area contributed by atoms with Gasteiger partial charge in [0.25, 0.3) is 5.91 Å². The minimum absolute atomic E-state index is 0.175. The minimum atomic E-state index is -0.342. The van der Waals surface area contributed by atoms with Crippen LogP contribution in [0.3, 0.4) is 0 Å². The van der Waals surface area contributed by atoms with Crippen molar-refractivity contribution >= 4 is 56.5 Å². The molecule has 3 aromatic rings. The Bertz CT molecular complexity index is 1490. The van der Waals surface area contributed by atoms with Crippen LogP contribution in [0.25, 0.3) is 10.2 Å². The van der Waals surface area contributed by atoms with Gasteiger partial charge < -0.3 is 15.5 Å². The molecule has 38 heavy (non-hydrogen) atoms. The third kappa shape index (κ3) is 4.34. The van der Waals surface area contributed by atoms with E-state index in [1.165, 1.54) is 36.7 Å². The first-order chi connectivity index (χ1) is 18.5. The lowest BCUT2D eigenvalue weighted by Gasteiger charge is -2.29. The highest BCUT2D eigenvalue weighted by Gasteiger charge is 2.33. The van der Waals surface area contributed by atoms with Crippen molar-refractivity contribution in [3.05, 3.63) is 65.6 Å². The summed E-state index contributed by atoms with van der Waals surface area (Å²) in [6, 6.07) is 5.33. The van der Waals surface area contributed by atoms with Gasteiger partial charge in [-0.15, -0.1) is 11.3 Å². The predicted octanol–water partition coefficient (Wildman–Crippen LogP) is 5.45. The van der Waals surface area contributed by atoms with Gasteiger partial charge in [-0.25, -0.2) is 9.78 Å². The number of amides is 4. The lowest BCUT2D eigenvalue weighted by atomic mass is 9.86. The Kier molecular flexibility index (Phi) is 6.40. The molecule has 5 heterocycles. The lowest BCUT2D eigenvalue weighted by molar-refractivity contribution is -0.125. The molecule has 1 aliphatic carbocycles. The molecule has 10 heteroatoms. The van der Waals surface area contributed by atoms with Gasteiger partial charge in [-0.05, 0) is 43.5 Å². The largest absolute Gasteiger partial charge is 0.333 e. The molecule has 3 aliphatic rings. The molecule has 2 N–H and O–H groups in total. The molecular weight excluding hydrogens is 500 g/mol. The number of anilines is 3. The van der Waals surface area contributed by atoms with Gasteiger partial charge >= 0.3 is 6.03 Å². The number of thiophene rings is 1. The fourth-order valence-corrected chi connectivity index (χ4v) is 6.57. The summed E-state index contributed by atoms with van der Waals surface area (Å²) < 4.78 is 0. The quantitative estimate of drug-likeness (QED) is 0.428. The highest BCUT2D eigenvalue weighted by molar-refractivity contribution is 7.21. The molecule has 0 radical (unpaired) electrons. The van der Waals surface area contributed by atoms with Crippen molar-refractivity contribution in [2.24, 2.45) is 0 Å². The second-order valence-corrected chi connectivity index (χ2v) is 10.8. The Balaban J connectivity index is 1.32. The number of urea groups is 1. The molecule has 0 spiro atoms. The highest BCUT2D eigenvalue weighted by atomic mass is 32.1. The third-order valence-corrected chi connectivity index (χ3v) is 8.51. The molecule has 9 nitrogen and oxygen atoms in total. The zero-order chi connectivity index (χ0) is 26.2. The van der Waals surface area contributed by atoms with E-state index in [1.807, 2.05) is 24.3 Å². The number of hydrogen-bond acceptors (Lipinski definition) is 6. The molecule has 4 amide bonds. The van der Waals surface area contributed by atoms with E-state index in [0.29, 0.717) is 52.2 Å². The number of carbonyl (C=O) groups excluding carboxylic acids is 3. The molecule has 3 aromatic heterocycles. The van der Waals surface area contributed by atoms with Crippen LogP contribution in [-0.4, -0.2) is 45.8 Å². The Morgan fingerprint density at radius 3 is 2.79 bits per heavy atom. The fourth-order valence-electron chi connectivity index (χ4n) is 5.55. The molecule has 6 rings (SSSR count). The summed E-state index contributed by atoms with van der Waals surface area (Å²) in [7, 11) is 0. The molecule has 0 aromatic carbocycles. The van der Waals surface area contributed by atoms with E-state index in [1.54, 1.807) is 22.2 Å². The molecule has 1 saturated carbocycles. The summed E-state index contributed by atoms with van der Waals surface area (Å²) in [6.45, 7) is 4.42. The highest BCUT2D eigenvalue weighted by Crippen LogP contribution is 2.46. The Labute approximate surface area is 224 Å². The van der Waals surface area contributed by atoms with Gasteiger partial charge in [-0.1, -0.05) is 31.9 Å². The van der Waals surface area contributed by atoms with Crippen molar-refractivity contribution in [2.45, 2.75) is 44.4 Å². The number of nitrogens with zero attached hydrogens (tertiary/aromatic N) is 4. The van der Waals surface area contributed by atoms with Gasteiger partial charge in [0.2, 0.25) is 5.91 Å². The fraction of sp³-hybridized carbons (Fsp3) is 0.321. The van der Waals surface area contributed by atoms with Crippen LogP contribution < -0.4 is 15.5 Å². The van der Waals surface area contributed by atoms with Crippen molar-refractivity contribution in [3.63, 3.8) is 0 Å². The van der Waals surface area contributed by atoms with Crippen LogP contribution in [0.1, 0.15) is 59.8 Å². The Morgan fingerprint density at radius 1 is 1.16 bits per heavy atom. The van der Waals surface area contributed by atoms with Gasteiger partial charge in [-0.3, -0.25) is 19.5 Å². The van der Waals surface area contributed by atoms with Crippen LogP contribution in [0.15, 0.2) is 55.0 Å². The van der Waals surface area contributed by atoms with Gasteiger partial charge in [0.1, 0.15) is 9.71 Å². The molecule has 1 fully saturated rings. The van der Waals surface area contributed by atoms with Crippen LogP contribution in [0.2, 0.25) is 0 Å². The summed E-state index contributed by atoms with van der Waals surface area (Å²) in [5.74, 6) is -0.107. The predicted molar refractivity (Wildman–Crippen MR) is 148 cm³/mol. The number of nitrogens with one attached hydrogen (secondary N) is 2. The average Bonchev–Trinajstić information content (AvgIpc) is 3.33. The first kappa shape index (κ1) is 24.3. The SMILES string of the molecule is C=CC(=O)N1CCC=C(NC(=O)c2sc3nccc4c3c2NC(=O)N4c2ccnc(C3CCCCC3)c2)C1. The second-order valence-electron chi connectivity index (χ2n) is 9.79. The van der Waals surface area contributed by atoms with Crippen molar-refractivity contribution in [3.8, 4) is 0 Å². The smallest absolute Gasteiger partial charge is 0.331 e. The molecule has 0 atom stereocenters. The van der Waals surface area contributed by atoms with E-state index in [0.717, 1.165) is 29.6 Å². The number of aromatic nitrogens is 2. The normalized spacial score (nSPS) is 17.7. The standard InChI is InChI=1S/C28H28N6O3S/c1-2-22(35)33-14-6-9-18(16-33)31-26(36)25-24-23-21(11-13-30-27(23)38-25)34(28(37)32-24)19-10-12-29-20(15-19)17-7-4-3-5-8-17/h2,9-13,15,17H,1,3-8,14,16H2,(H,31,36)(H,32,37). The van der Waals surface area contributed by atoms with E-state index < -0.39 is 0 Å². The van der Waals surface area contributed by atoms with Gasteiger partial charge in [0.05, 0.1) is 29.0 Å². The zero-order valence-electron chi connectivity index (χ0n) is 20.9.